The van der Waals surface area contributed by atoms with Crippen molar-refractivity contribution in [3.05, 3.63) is 54.0 Å². The van der Waals surface area contributed by atoms with Crippen LogP contribution in [-0.4, -0.2) is 35.5 Å². The normalized spacial score (nSPS) is 23.8. The quantitative estimate of drug-likeness (QED) is 0.824. The summed E-state index contributed by atoms with van der Waals surface area (Å²) in [6.07, 6.45) is 10.6. The fourth-order valence-electron chi connectivity index (χ4n) is 5.06. The SMILES string of the molecule is O=C(C[C@H]1CC2(CCN(Cc3ccoc3)CC2)Oc2ccccc21)NC1CCC1. The Morgan fingerprint density at radius 2 is 2.00 bits per heavy atom. The first kappa shape index (κ1) is 18.7. The van der Waals surface area contributed by atoms with E-state index in [2.05, 4.69) is 28.4 Å². The number of carbonyl (C=O) groups excluding carboxylic acids is 1. The Hall–Kier alpha value is -2.27. The van der Waals surface area contributed by atoms with Crippen molar-refractivity contribution in [3.63, 3.8) is 0 Å². The third-order valence-corrected chi connectivity index (χ3v) is 6.96. The van der Waals surface area contributed by atoms with Crippen LogP contribution in [0, 0.1) is 0 Å². The fourth-order valence-corrected chi connectivity index (χ4v) is 5.06. The van der Waals surface area contributed by atoms with Crippen molar-refractivity contribution in [2.24, 2.45) is 0 Å². The van der Waals surface area contributed by atoms with Crippen LogP contribution < -0.4 is 10.1 Å². The summed E-state index contributed by atoms with van der Waals surface area (Å²) in [4.78, 5) is 15.1. The van der Waals surface area contributed by atoms with Gasteiger partial charge < -0.3 is 14.5 Å². The molecule has 1 saturated carbocycles. The van der Waals surface area contributed by atoms with Crippen molar-refractivity contribution >= 4 is 5.91 Å². The molecular weight excluding hydrogens is 364 g/mol. The van der Waals surface area contributed by atoms with E-state index in [1.165, 1.54) is 17.5 Å². The zero-order valence-electron chi connectivity index (χ0n) is 16.9. The molecule has 29 heavy (non-hydrogen) atoms. The number of nitrogens with zero attached hydrogens (tertiary/aromatic N) is 1. The monoisotopic (exact) mass is 394 g/mol. The molecule has 1 amide bonds. The van der Waals surface area contributed by atoms with Crippen LogP contribution in [0.4, 0.5) is 0 Å². The topological polar surface area (TPSA) is 54.7 Å². The smallest absolute Gasteiger partial charge is 0.220 e. The number of amides is 1. The predicted molar refractivity (Wildman–Crippen MR) is 111 cm³/mol. The molecule has 1 aliphatic carbocycles. The van der Waals surface area contributed by atoms with Crippen LogP contribution in [0.1, 0.15) is 62.0 Å². The lowest BCUT2D eigenvalue weighted by atomic mass is 9.76. The van der Waals surface area contributed by atoms with E-state index in [0.717, 1.165) is 57.5 Å². The van der Waals surface area contributed by atoms with Gasteiger partial charge in [-0.2, -0.15) is 0 Å². The molecule has 5 rings (SSSR count). The summed E-state index contributed by atoms with van der Waals surface area (Å²) in [5.41, 5.74) is 2.27. The number of hydrogen-bond donors (Lipinski definition) is 1. The first-order valence-electron chi connectivity index (χ1n) is 11.0. The van der Waals surface area contributed by atoms with Gasteiger partial charge in [0.1, 0.15) is 11.4 Å². The first-order chi connectivity index (χ1) is 14.2. The van der Waals surface area contributed by atoms with Gasteiger partial charge in [0.2, 0.25) is 5.91 Å². The third-order valence-electron chi connectivity index (χ3n) is 6.96. The minimum Gasteiger partial charge on any atom is -0.487 e. The number of rotatable bonds is 5. The second-order valence-electron chi connectivity index (χ2n) is 9.03. The molecule has 154 valence electrons. The van der Waals surface area contributed by atoms with E-state index in [1.54, 1.807) is 6.26 Å². The molecule has 2 aliphatic heterocycles. The van der Waals surface area contributed by atoms with E-state index >= 15 is 0 Å². The van der Waals surface area contributed by atoms with Crippen LogP contribution >= 0.6 is 0 Å². The Kier molecular flexibility index (Phi) is 5.08. The van der Waals surface area contributed by atoms with E-state index in [0.29, 0.717) is 12.5 Å². The summed E-state index contributed by atoms with van der Waals surface area (Å²) in [7, 11) is 0. The van der Waals surface area contributed by atoms with Crippen LogP contribution in [0.3, 0.4) is 0 Å². The molecule has 2 fully saturated rings. The molecule has 1 saturated heterocycles. The van der Waals surface area contributed by atoms with Gasteiger partial charge in [0.15, 0.2) is 0 Å². The van der Waals surface area contributed by atoms with Crippen molar-refractivity contribution in [2.45, 2.75) is 69.1 Å². The molecule has 5 nitrogen and oxygen atoms in total. The second kappa shape index (κ2) is 7.86. The van der Waals surface area contributed by atoms with Gasteiger partial charge >= 0.3 is 0 Å². The highest BCUT2D eigenvalue weighted by atomic mass is 16.5. The van der Waals surface area contributed by atoms with Gasteiger partial charge in [-0.25, -0.2) is 0 Å². The lowest BCUT2D eigenvalue weighted by Crippen LogP contribution is -2.50. The number of furan rings is 1. The second-order valence-corrected chi connectivity index (χ2v) is 9.03. The van der Waals surface area contributed by atoms with Gasteiger partial charge in [-0.3, -0.25) is 9.69 Å². The zero-order valence-corrected chi connectivity index (χ0v) is 16.9. The average Bonchev–Trinajstić information content (AvgIpc) is 3.20. The number of piperidine rings is 1. The summed E-state index contributed by atoms with van der Waals surface area (Å²) >= 11 is 0. The molecular formula is C24H30N2O3. The van der Waals surface area contributed by atoms with Crippen LogP contribution in [0.5, 0.6) is 5.75 Å². The Balaban J connectivity index is 1.27. The van der Waals surface area contributed by atoms with Crippen LogP contribution in [-0.2, 0) is 11.3 Å². The fraction of sp³-hybridized carbons (Fsp3) is 0.542. The van der Waals surface area contributed by atoms with Crippen molar-refractivity contribution in [2.75, 3.05) is 13.1 Å². The maximum absolute atomic E-state index is 12.7. The summed E-state index contributed by atoms with van der Waals surface area (Å²) in [6.45, 7) is 2.94. The lowest BCUT2D eigenvalue weighted by molar-refractivity contribution is -0.123. The van der Waals surface area contributed by atoms with Gasteiger partial charge in [0.05, 0.1) is 12.5 Å². The number of likely N-dealkylation sites (tertiary alicyclic amines) is 1. The highest BCUT2D eigenvalue weighted by Gasteiger charge is 2.43. The molecule has 5 heteroatoms. The average molecular weight is 395 g/mol. The minimum atomic E-state index is -0.150. The minimum absolute atomic E-state index is 0.150. The molecule has 1 N–H and O–H groups in total. The van der Waals surface area contributed by atoms with Crippen molar-refractivity contribution in [1.82, 2.24) is 10.2 Å². The summed E-state index contributed by atoms with van der Waals surface area (Å²) < 4.78 is 11.8. The number of fused-ring (bicyclic) bond motifs is 1. The Morgan fingerprint density at radius 1 is 1.17 bits per heavy atom. The number of ether oxygens (including phenoxy) is 1. The molecule has 1 aromatic heterocycles. The first-order valence-corrected chi connectivity index (χ1v) is 11.0. The highest BCUT2D eigenvalue weighted by Crippen LogP contribution is 2.46. The number of para-hydroxylation sites is 1. The summed E-state index contributed by atoms with van der Waals surface area (Å²) in [6, 6.07) is 10.7. The molecule has 3 aliphatic rings. The summed E-state index contributed by atoms with van der Waals surface area (Å²) in [5, 5.41) is 3.22. The van der Waals surface area contributed by atoms with E-state index < -0.39 is 0 Å². The highest BCUT2D eigenvalue weighted by molar-refractivity contribution is 5.77. The van der Waals surface area contributed by atoms with E-state index in [9.17, 15) is 4.79 Å². The summed E-state index contributed by atoms with van der Waals surface area (Å²) in [5.74, 6) is 1.41. The molecule has 2 aromatic rings. The molecule has 0 unspecified atom stereocenters. The Bertz CT molecular complexity index is 836. The maximum Gasteiger partial charge on any atom is 0.220 e. The van der Waals surface area contributed by atoms with Crippen LogP contribution in [0.15, 0.2) is 47.3 Å². The van der Waals surface area contributed by atoms with Crippen molar-refractivity contribution < 1.29 is 13.9 Å². The Labute approximate surface area is 172 Å². The zero-order chi connectivity index (χ0) is 19.7. The van der Waals surface area contributed by atoms with Gasteiger partial charge in [0.25, 0.3) is 0 Å². The standard InChI is InChI=1S/C24H30N2O3/c27-23(25-20-4-3-5-20)14-19-15-24(29-22-7-2-1-6-21(19)22)9-11-26(12-10-24)16-18-8-13-28-17-18/h1-2,6-8,13,17,19-20H,3-5,9-12,14-16H2,(H,25,27)/t19-/m0/s1. The van der Waals surface area contributed by atoms with Crippen LogP contribution in [0.2, 0.25) is 0 Å². The number of benzene rings is 1. The number of hydrogen-bond acceptors (Lipinski definition) is 4. The molecule has 1 atom stereocenters. The van der Waals surface area contributed by atoms with Gasteiger partial charge in [-0.05, 0) is 56.2 Å². The van der Waals surface area contributed by atoms with Crippen molar-refractivity contribution in [1.29, 1.82) is 0 Å². The Morgan fingerprint density at radius 3 is 2.72 bits per heavy atom. The van der Waals surface area contributed by atoms with Gasteiger partial charge in [0, 0.05) is 43.6 Å². The van der Waals surface area contributed by atoms with Crippen LogP contribution in [0.25, 0.3) is 0 Å². The largest absolute Gasteiger partial charge is 0.487 e. The van der Waals surface area contributed by atoms with E-state index in [-0.39, 0.29) is 17.4 Å². The van der Waals surface area contributed by atoms with E-state index in [1.807, 2.05) is 18.4 Å². The number of nitrogens with one attached hydrogen (secondary N) is 1. The molecule has 0 bridgehead atoms. The molecule has 1 spiro atoms. The predicted octanol–water partition coefficient (Wildman–Crippen LogP) is 4.24. The maximum atomic E-state index is 12.7. The third kappa shape index (κ3) is 4.06. The van der Waals surface area contributed by atoms with Crippen molar-refractivity contribution in [3.8, 4) is 5.75 Å². The lowest BCUT2D eigenvalue weighted by Gasteiger charge is -2.47. The van der Waals surface area contributed by atoms with E-state index in [4.69, 9.17) is 9.15 Å². The number of carbonyl (C=O) groups is 1. The molecule has 0 radical (unpaired) electrons. The van der Waals surface area contributed by atoms with Gasteiger partial charge in [-0.1, -0.05) is 18.2 Å². The van der Waals surface area contributed by atoms with Gasteiger partial charge in [-0.15, -0.1) is 0 Å². The molecule has 1 aromatic carbocycles. The molecule has 3 heterocycles.